The number of aryl methyl sites for hydroxylation is 1. The van der Waals surface area contributed by atoms with Gasteiger partial charge in [-0.15, -0.1) is 0 Å². The quantitative estimate of drug-likeness (QED) is 0.628. The number of rotatable bonds is 6. The zero-order chi connectivity index (χ0) is 22.1. The number of H-pyrrole nitrogens is 1. The van der Waals surface area contributed by atoms with E-state index in [1.54, 1.807) is 6.07 Å². The highest BCUT2D eigenvalue weighted by Crippen LogP contribution is 2.41. The summed E-state index contributed by atoms with van der Waals surface area (Å²) >= 11 is 0. The first-order valence-corrected chi connectivity index (χ1v) is 11.3. The number of carbonyl (C=O) groups is 1. The molecule has 1 saturated heterocycles. The lowest BCUT2D eigenvalue weighted by molar-refractivity contribution is -0.120. The Hall–Kier alpha value is -3.19. The molecule has 2 N–H and O–H groups in total. The smallest absolute Gasteiger partial charge is 0.251 e. The maximum atomic E-state index is 12.8. The Morgan fingerprint density at radius 2 is 2.00 bits per heavy atom. The number of amides is 1. The van der Waals surface area contributed by atoms with E-state index < -0.39 is 0 Å². The summed E-state index contributed by atoms with van der Waals surface area (Å²) in [5.41, 5.74) is 4.46. The van der Waals surface area contributed by atoms with Crippen LogP contribution in [-0.2, 0) is 17.8 Å². The second-order valence-electron chi connectivity index (χ2n) is 9.19. The van der Waals surface area contributed by atoms with Gasteiger partial charge in [0.25, 0.3) is 5.56 Å². The highest BCUT2D eigenvalue weighted by atomic mass is 16.1. The van der Waals surface area contributed by atoms with Crippen LogP contribution < -0.4 is 10.9 Å². The van der Waals surface area contributed by atoms with Crippen LogP contribution in [-0.4, -0.2) is 45.2 Å². The van der Waals surface area contributed by atoms with Gasteiger partial charge in [-0.2, -0.15) is 5.10 Å². The number of fused-ring (bicyclic) bond motifs is 4. The maximum absolute atomic E-state index is 12.8. The van der Waals surface area contributed by atoms with Gasteiger partial charge in [0.05, 0.1) is 18.7 Å². The van der Waals surface area contributed by atoms with E-state index in [9.17, 15) is 9.59 Å². The first kappa shape index (κ1) is 20.7. The molecule has 1 fully saturated rings. The van der Waals surface area contributed by atoms with Crippen molar-refractivity contribution < 1.29 is 4.79 Å². The molecule has 5 rings (SSSR count). The van der Waals surface area contributed by atoms with E-state index in [1.165, 1.54) is 11.1 Å². The van der Waals surface area contributed by atoms with Crippen LogP contribution >= 0.6 is 0 Å². The van der Waals surface area contributed by atoms with Crippen molar-refractivity contribution in [3.8, 4) is 0 Å². The lowest BCUT2D eigenvalue weighted by Crippen LogP contribution is -2.51. The predicted molar refractivity (Wildman–Crippen MR) is 122 cm³/mol. The predicted octanol–water partition coefficient (Wildman–Crippen LogP) is 2.40. The molecular formula is C25H29N5O2. The van der Waals surface area contributed by atoms with Crippen molar-refractivity contribution in [2.75, 3.05) is 19.6 Å². The standard InChI is InChI=1S/C25H29N5O2/c1-17-5-7-18(8-6-17)9-24(31)26-13-23-21-10-20(22-3-2-4-25(32)30(22)23)15-29(16-21)14-19-11-27-28-12-19/h2-8,11-12,20-21,23H,9-10,13-16H2,1H3,(H,26,31)(H,27,28)/t20-,21+,23+/m1/s1. The fourth-order valence-corrected chi connectivity index (χ4v) is 5.32. The average molecular weight is 432 g/mol. The minimum absolute atomic E-state index is 0.00688. The van der Waals surface area contributed by atoms with Gasteiger partial charge >= 0.3 is 0 Å². The monoisotopic (exact) mass is 431 g/mol. The van der Waals surface area contributed by atoms with Crippen molar-refractivity contribution in [2.45, 2.75) is 38.3 Å². The molecule has 2 bridgehead atoms. The van der Waals surface area contributed by atoms with E-state index in [-0.39, 0.29) is 17.5 Å². The van der Waals surface area contributed by atoms with Crippen molar-refractivity contribution in [2.24, 2.45) is 5.92 Å². The first-order valence-electron chi connectivity index (χ1n) is 11.3. The number of nitrogens with zero attached hydrogens (tertiary/aromatic N) is 3. The Balaban J connectivity index is 1.33. The minimum Gasteiger partial charge on any atom is -0.354 e. The second-order valence-corrected chi connectivity index (χ2v) is 9.19. The number of piperidine rings is 1. The van der Waals surface area contributed by atoms with E-state index in [2.05, 4.69) is 26.5 Å². The van der Waals surface area contributed by atoms with Crippen molar-refractivity contribution in [3.63, 3.8) is 0 Å². The Morgan fingerprint density at radius 1 is 1.16 bits per heavy atom. The van der Waals surface area contributed by atoms with Crippen LogP contribution in [0.15, 0.2) is 59.7 Å². The number of benzene rings is 1. The summed E-state index contributed by atoms with van der Waals surface area (Å²) in [6.07, 6.45) is 5.20. The molecule has 3 atom stereocenters. The molecule has 1 amide bonds. The number of carbonyl (C=O) groups excluding carboxylic acids is 1. The minimum atomic E-state index is -0.0379. The van der Waals surface area contributed by atoms with Crippen LogP contribution in [0.2, 0.25) is 0 Å². The SMILES string of the molecule is Cc1ccc(CC(=O)NC[C@H]2[C@H]3C[C@H](CN(Cc4cn[nH]c4)C3)c3cccc(=O)n32)cc1. The molecule has 0 saturated carbocycles. The summed E-state index contributed by atoms with van der Waals surface area (Å²) in [6.45, 7) is 5.18. The average Bonchev–Trinajstić information content (AvgIpc) is 3.29. The van der Waals surface area contributed by atoms with Gasteiger partial charge in [0.2, 0.25) is 5.91 Å². The third-order valence-corrected chi connectivity index (χ3v) is 6.83. The molecule has 0 spiro atoms. The van der Waals surface area contributed by atoms with Gasteiger partial charge in [0, 0.05) is 55.6 Å². The summed E-state index contributed by atoms with van der Waals surface area (Å²) in [4.78, 5) is 28.0. The summed E-state index contributed by atoms with van der Waals surface area (Å²) in [7, 11) is 0. The van der Waals surface area contributed by atoms with Crippen LogP contribution in [0.25, 0.3) is 0 Å². The fourth-order valence-electron chi connectivity index (χ4n) is 5.32. The number of hydrogen-bond donors (Lipinski definition) is 2. The van der Waals surface area contributed by atoms with Crippen LogP contribution in [0.1, 0.15) is 40.8 Å². The number of nitrogens with one attached hydrogen (secondary N) is 2. The second kappa shape index (κ2) is 8.74. The molecule has 32 heavy (non-hydrogen) atoms. The Kier molecular flexibility index (Phi) is 5.66. The first-order chi connectivity index (χ1) is 15.6. The molecule has 3 aromatic rings. The zero-order valence-corrected chi connectivity index (χ0v) is 18.3. The molecule has 0 radical (unpaired) electrons. The maximum Gasteiger partial charge on any atom is 0.251 e. The molecule has 7 nitrogen and oxygen atoms in total. The van der Waals surface area contributed by atoms with Crippen molar-refractivity contribution >= 4 is 5.91 Å². The van der Waals surface area contributed by atoms with Gasteiger partial charge in [-0.25, -0.2) is 0 Å². The summed E-state index contributed by atoms with van der Waals surface area (Å²) in [5, 5.41) is 10.1. The van der Waals surface area contributed by atoms with Crippen molar-refractivity contribution in [1.29, 1.82) is 0 Å². The molecule has 7 heteroatoms. The van der Waals surface area contributed by atoms with E-state index in [0.717, 1.165) is 37.3 Å². The van der Waals surface area contributed by atoms with Crippen LogP contribution in [0, 0.1) is 12.8 Å². The molecule has 166 valence electrons. The zero-order valence-electron chi connectivity index (χ0n) is 18.3. The van der Waals surface area contributed by atoms with E-state index in [4.69, 9.17) is 0 Å². The van der Waals surface area contributed by atoms with Crippen LogP contribution in [0.3, 0.4) is 0 Å². The van der Waals surface area contributed by atoms with E-state index in [0.29, 0.717) is 24.8 Å². The van der Waals surface area contributed by atoms with Gasteiger partial charge in [-0.1, -0.05) is 35.9 Å². The van der Waals surface area contributed by atoms with Crippen LogP contribution in [0.5, 0.6) is 0 Å². The van der Waals surface area contributed by atoms with Gasteiger partial charge in [-0.3, -0.25) is 19.6 Å². The molecule has 0 aliphatic carbocycles. The molecule has 0 unspecified atom stereocenters. The van der Waals surface area contributed by atoms with Gasteiger partial charge < -0.3 is 9.88 Å². The van der Waals surface area contributed by atoms with Crippen molar-refractivity contribution in [3.05, 3.63) is 87.6 Å². The Bertz CT molecular complexity index is 1140. The summed E-state index contributed by atoms with van der Waals surface area (Å²) in [6, 6.07) is 13.6. The lowest BCUT2D eigenvalue weighted by Gasteiger charge is -2.47. The Morgan fingerprint density at radius 3 is 2.78 bits per heavy atom. The molecule has 2 aliphatic rings. The summed E-state index contributed by atoms with van der Waals surface area (Å²) in [5.74, 6) is 0.634. The highest BCUT2D eigenvalue weighted by Gasteiger charge is 2.40. The number of aromatic amines is 1. The molecule has 2 aromatic heterocycles. The Labute approximate surface area is 187 Å². The number of hydrogen-bond acceptors (Lipinski definition) is 4. The lowest BCUT2D eigenvalue weighted by atomic mass is 9.78. The van der Waals surface area contributed by atoms with Gasteiger partial charge in [0.1, 0.15) is 0 Å². The largest absolute Gasteiger partial charge is 0.354 e. The fraction of sp³-hybridized carbons (Fsp3) is 0.400. The molecule has 4 heterocycles. The topological polar surface area (TPSA) is 83.0 Å². The number of aromatic nitrogens is 3. The van der Waals surface area contributed by atoms with E-state index in [1.807, 2.05) is 54.2 Å². The number of pyridine rings is 1. The van der Waals surface area contributed by atoms with Crippen LogP contribution in [0.4, 0.5) is 0 Å². The van der Waals surface area contributed by atoms with Gasteiger partial charge in [0.15, 0.2) is 0 Å². The van der Waals surface area contributed by atoms with Crippen molar-refractivity contribution in [1.82, 2.24) is 25.0 Å². The third kappa shape index (κ3) is 4.25. The third-order valence-electron chi connectivity index (χ3n) is 6.83. The molecule has 1 aromatic carbocycles. The number of likely N-dealkylation sites (tertiary alicyclic amines) is 1. The highest BCUT2D eigenvalue weighted by molar-refractivity contribution is 5.78. The molecular weight excluding hydrogens is 402 g/mol. The summed E-state index contributed by atoms with van der Waals surface area (Å²) < 4.78 is 1.94. The normalized spacial score (nSPS) is 22.3. The van der Waals surface area contributed by atoms with Gasteiger partial charge in [-0.05, 0) is 30.9 Å². The van der Waals surface area contributed by atoms with E-state index >= 15 is 0 Å². The molecule has 2 aliphatic heterocycles.